The monoisotopic (exact) mass is 365 g/mol. The number of hydrogen-bond acceptors (Lipinski definition) is 3. The van der Waals surface area contributed by atoms with Crippen molar-refractivity contribution in [2.75, 3.05) is 26.2 Å². The van der Waals surface area contributed by atoms with Crippen LogP contribution in [-0.2, 0) is 11.3 Å². The number of nitrogens with zero attached hydrogens (tertiary/aromatic N) is 2. The molecule has 1 aliphatic heterocycles. The molecule has 144 valence electrons. The Hall–Kier alpha value is -2.17. The molecule has 1 N–H and O–H groups in total. The Morgan fingerprint density at radius 3 is 2.33 bits per heavy atom. The fourth-order valence-electron chi connectivity index (χ4n) is 3.97. The number of hydrogen-bond donors (Lipinski definition) is 1. The van der Waals surface area contributed by atoms with Crippen LogP contribution in [0.1, 0.15) is 37.4 Å². The summed E-state index contributed by atoms with van der Waals surface area (Å²) in [7, 11) is 0. The van der Waals surface area contributed by atoms with Gasteiger partial charge in [-0.1, -0.05) is 74.5 Å². The van der Waals surface area contributed by atoms with Gasteiger partial charge in [0.1, 0.15) is 6.04 Å². The molecule has 1 amide bonds. The van der Waals surface area contributed by atoms with Crippen LogP contribution in [0.3, 0.4) is 0 Å². The van der Waals surface area contributed by atoms with E-state index in [-0.39, 0.29) is 18.0 Å². The molecule has 2 aromatic carbocycles. The normalized spacial score (nSPS) is 18.6. The maximum atomic E-state index is 13.2. The van der Waals surface area contributed by atoms with E-state index in [0.29, 0.717) is 0 Å². The van der Waals surface area contributed by atoms with Crippen LogP contribution >= 0.6 is 0 Å². The minimum atomic E-state index is -0.218. The molecule has 1 fully saturated rings. The van der Waals surface area contributed by atoms with E-state index in [9.17, 15) is 4.79 Å². The average Bonchev–Trinajstić information content (AvgIpc) is 3.14. The summed E-state index contributed by atoms with van der Waals surface area (Å²) in [6.07, 6.45) is 1.01. The maximum absolute atomic E-state index is 13.2. The Morgan fingerprint density at radius 1 is 1.07 bits per heavy atom. The summed E-state index contributed by atoms with van der Waals surface area (Å²) >= 11 is 0. The summed E-state index contributed by atoms with van der Waals surface area (Å²) in [4.78, 5) is 17.8. The van der Waals surface area contributed by atoms with Crippen molar-refractivity contribution in [3.8, 4) is 0 Å². The Balaban J connectivity index is 1.62. The highest BCUT2D eigenvalue weighted by atomic mass is 16.2. The molecule has 0 bridgehead atoms. The third kappa shape index (κ3) is 5.18. The molecule has 3 rings (SSSR count). The van der Waals surface area contributed by atoms with Gasteiger partial charge in [-0.25, -0.2) is 0 Å². The number of carbonyl (C=O) groups excluding carboxylic acids is 1. The second kappa shape index (κ2) is 9.67. The summed E-state index contributed by atoms with van der Waals surface area (Å²) < 4.78 is 0. The van der Waals surface area contributed by atoms with Gasteiger partial charge in [-0.3, -0.25) is 14.6 Å². The third-order valence-electron chi connectivity index (χ3n) is 5.41. The number of likely N-dealkylation sites (N-methyl/N-ethyl adjacent to an activating group) is 1. The lowest BCUT2D eigenvalue weighted by atomic mass is 10.0. The molecule has 4 nitrogen and oxygen atoms in total. The second-order valence-corrected chi connectivity index (χ2v) is 7.25. The first-order valence-electron chi connectivity index (χ1n) is 10.1. The summed E-state index contributed by atoms with van der Waals surface area (Å²) in [6, 6.07) is 20.7. The highest BCUT2D eigenvalue weighted by Gasteiger charge is 2.30. The van der Waals surface area contributed by atoms with Crippen molar-refractivity contribution in [3.63, 3.8) is 0 Å². The van der Waals surface area contributed by atoms with Crippen LogP contribution in [0.4, 0.5) is 0 Å². The fourth-order valence-corrected chi connectivity index (χ4v) is 3.97. The standard InChI is InChI=1S/C23H31N3O/c1-3-26(4-2)22(20-13-9-6-10-14-20)23(27)24-21-15-16-25(18-21)17-19-11-7-5-8-12-19/h5-14,21-22H,3-4,15-18H2,1-2H3,(H,24,27). The highest BCUT2D eigenvalue weighted by molar-refractivity contribution is 5.83. The van der Waals surface area contributed by atoms with E-state index in [1.807, 2.05) is 24.3 Å². The molecule has 1 heterocycles. The first-order chi connectivity index (χ1) is 13.2. The van der Waals surface area contributed by atoms with Gasteiger partial charge in [0, 0.05) is 25.7 Å². The van der Waals surface area contributed by atoms with Gasteiger partial charge in [0.2, 0.25) is 5.91 Å². The lowest BCUT2D eigenvalue weighted by molar-refractivity contribution is -0.127. The van der Waals surface area contributed by atoms with Crippen LogP contribution in [0.2, 0.25) is 0 Å². The van der Waals surface area contributed by atoms with Gasteiger partial charge in [0.25, 0.3) is 0 Å². The van der Waals surface area contributed by atoms with Gasteiger partial charge < -0.3 is 5.32 Å². The van der Waals surface area contributed by atoms with Crippen molar-refractivity contribution in [2.45, 2.75) is 38.9 Å². The lowest BCUT2D eigenvalue weighted by Gasteiger charge is -2.30. The van der Waals surface area contributed by atoms with Crippen molar-refractivity contribution in [1.82, 2.24) is 15.1 Å². The van der Waals surface area contributed by atoms with E-state index in [1.54, 1.807) is 0 Å². The fraction of sp³-hybridized carbons (Fsp3) is 0.435. The molecule has 2 unspecified atom stereocenters. The summed E-state index contributed by atoms with van der Waals surface area (Å²) in [5, 5.41) is 3.32. The number of amides is 1. The number of benzene rings is 2. The molecule has 0 saturated carbocycles. The third-order valence-corrected chi connectivity index (χ3v) is 5.41. The van der Waals surface area contributed by atoms with E-state index in [4.69, 9.17) is 0 Å². The van der Waals surface area contributed by atoms with Crippen molar-refractivity contribution in [3.05, 3.63) is 71.8 Å². The van der Waals surface area contributed by atoms with Crippen LogP contribution in [0, 0.1) is 0 Å². The van der Waals surface area contributed by atoms with Gasteiger partial charge in [0.15, 0.2) is 0 Å². The number of rotatable bonds is 8. The number of likely N-dealkylation sites (tertiary alicyclic amines) is 1. The van der Waals surface area contributed by atoms with Gasteiger partial charge in [0.05, 0.1) is 0 Å². The van der Waals surface area contributed by atoms with Crippen LogP contribution in [-0.4, -0.2) is 47.9 Å². The minimum Gasteiger partial charge on any atom is -0.350 e. The predicted octanol–water partition coefficient (Wildman–Crippen LogP) is 3.46. The largest absolute Gasteiger partial charge is 0.350 e. The Bertz CT molecular complexity index is 700. The first kappa shape index (κ1) is 19.6. The zero-order valence-electron chi connectivity index (χ0n) is 16.5. The number of nitrogens with one attached hydrogen (secondary N) is 1. The zero-order valence-corrected chi connectivity index (χ0v) is 16.5. The van der Waals surface area contributed by atoms with Crippen molar-refractivity contribution < 1.29 is 4.79 Å². The van der Waals surface area contributed by atoms with Crippen molar-refractivity contribution >= 4 is 5.91 Å². The molecule has 4 heteroatoms. The van der Waals surface area contributed by atoms with E-state index in [1.165, 1.54) is 5.56 Å². The van der Waals surface area contributed by atoms with Crippen LogP contribution in [0.15, 0.2) is 60.7 Å². The quantitative estimate of drug-likeness (QED) is 0.778. The molecular weight excluding hydrogens is 334 g/mol. The van der Waals surface area contributed by atoms with Gasteiger partial charge in [-0.05, 0) is 30.6 Å². The molecule has 0 radical (unpaired) electrons. The Labute approximate surface area is 163 Å². The molecule has 0 spiro atoms. The molecule has 2 atom stereocenters. The number of carbonyl (C=O) groups is 1. The molecule has 0 aliphatic carbocycles. The summed E-state index contributed by atoms with van der Waals surface area (Å²) in [5.74, 6) is 0.122. The lowest BCUT2D eigenvalue weighted by Crippen LogP contribution is -2.45. The van der Waals surface area contributed by atoms with Gasteiger partial charge in [-0.15, -0.1) is 0 Å². The topological polar surface area (TPSA) is 35.6 Å². The SMILES string of the molecule is CCN(CC)C(C(=O)NC1CCN(Cc2ccccc2)C1)c1ccccc1. The van der Waals surface area contributed by atoms with E-state index in [2.05, 4.69) is 65.4 Å². The zero-order chi connectivity index (χ0) is 19.1. The highest BCUT2D eigenvalue weighted by Crippen LogP contribution is 2.22. The maximum Gasteiger partial charge on any atom is 0.242 e. The van der Waals surface area contributed by atoms with Crippen molar-refractivity contribution in [1.29, 1.82) is 0 Å². The molecule has 27 heavy (non-hydrogen) atoms. The van der Waals surface area contributed by atoms with Crippen LogP contribution < -0.4 is 5.32 Å². The molecule has 0 aromatic heterocycles. The van der Waals surface area contributed by atoms with Gasteiger partial charge in [-0.2, -0.15) is 0 Å². The van der Waals surface area contributed by atoms with Crippen molar-refractivity contribution in [2.24, 2.45) is 0 Å². The second-order valence-electron chi connectivity index (χ2n) is 7.25. The van der Waals surface area contributed by atoms with E-state index >= 15 is 0 Å². The predicted molar refractivity (Wildman–Crippen MR) is 110 cm³/mol. The minimum absolute atomic E-state index is 0.122. The molecular formula is C23H31N3O. The molecule has 1 saturated heterocycles. The van der Waals surface area contributed by atoms with Gasteiger partial charge >= 0.3 is 0 Å². The molecule has 1 aliphatic rings. The van der Waals surface area contributed by atoms with E-state index in [0.717, 1.165) is 44.7 Å². The Morgan fingerprint density at radius 2 is 1.70 bits per heavy atom. The summed E-state index contributed by atoms with van der Waals surface area (Å²) in [5.41, 5.74) is 2.40. The van der Waals surface area contributed by atoms with E-state index < -0.39 is 0 Å². The van der Waals surface area contributed by atoms with Crippen LogP contribution in [0.5, 0.6) is 0 Å². The van der Waals surface area contributed by atoms with Crippen LogP contribution in [0.25, 0.3) is 0 Å². The smallest absolute Gasteiger partial charge is 0.242 e. The average molecular weight is 366 g/mol. The molecule has 2 aromatic rings. The Kier molecular flexibility index (Phi) is 7.02. The first-order valence-corrected chi connectivity index (χ1v) is 10.1. The summed E-state index contributed by atoms with van der Waals surface area (Å²) in [6.45, 7) is 8.84.